The summed E-state index contributed by atoms with van der Waals surface area (Å²) in [5, 5.41) is 29.3. The SMILES string of the molecule is CC1(C(=O)O)CCN(c2cccc(C#N)c2[N+](=O)[O-])C1. The molecule has 0 radical (unpaired) electrons. The average Bonchev–Trinajstić information content (AvgIpc) is 2.81. The number of carboxylic acids is 1. The summed E-state index contributed by atoms with van der Waals surface area (Å²) in [6.07, 6.45) is 0.413. The third-order valence-electron chi connectivity index (χ3n) is 3.65. The Morgan fingerprint density at radius 3 is 2.80 bits per heavy atom. The Labute approximate surface area is 115 Å². The molecule has 1 aliphatic rings. The summed E-state index contributed by atoms with van der Waals surface area (Å²) >= 11 is 0. The fourth-order valence-corrected chi connectivity index (χ4v) is 2.41. The van der Waals surface area contributed by atoms with Crippen LogP contribution in [0.1, 0.15) is 18.9 Å². The van der Waals surface area contributed by atoms with Crippen molar-refractivity contribution in [1.82, 2.24) is 0 Å². The highest BCUT2D eigenvalue weighted by atomic mass is 16.6. The number of hydrogen-bond donors (Lipinski definition) is 1. The number of nitrogens with zero attached hydrogens (tertiary/aromatic N) is 3. The molecular formula is C13H13N3O4. The maximum absolute atomic E-state index is 11.2. The smallest absolute Gasteiger partial charge is 0.311 e. The van der Waals surface area contributed by atoms with Crippen LogP contribution in [0.3, 0.4) is 0 Å². The molecule has 1 aromatic carbocycles. The zero-order chi connectivity index (χ0) is 14.9. The first-order chi connectivity index (χ1) is 9.39. The summed E-state index contributed by atoms with van der Waals surface area (Å²) in [6, 6.07) is 6.30. The second-order valence-electron chi connectivity index (χ2n) is 5.08. The Morgan fingerprint density at radius 2 is 2.30 bits per heavy atom. The molecule has 1 aromatic rings. The summed E-state index contributed by atoms with van der Waals surface area (Å²) < 4.78 is 0. The van der Waals surface area contributed by atoms with E-state index in [1.165, 1.54) is 6.07 Å². The maximum Gasteiger partial charge on any atom is 0.311 e. The third-order valence-corrected chi connectivity index (χ3v) is 3.65. The number of hydrogen-bond acceptors (Lipinski definition) is 5. The predicted molar refractivity (Wildman–Crippen MR) is 70.4 cm³/mol. The number of nitro groups is 1. The number of nitro benzene ring substituents is 1. The molecule has 2 rings (SSSR count). The first kappa shape index (κ1) is 13.8. The largest absolute Gasteiger partial charge is 0.481 e. The lowest BCUT2D eigenvalue weighted by Gasteiger charge is -2.21. The van der Waals surface area contributed by atoms with Gasteiger partial charge in [-0.3, -0.25) is 14.9 Å². The van der Waals surface area contributed by atoms with Crippen molar-refractivity contribution in [1.29, 1.82) is 5.26 Å². The van der Waals surface area contributed by atoms with Gasteiger partial charge in [-0.15, -0.1) is 0 Å². The summed E-state index contributed by atoms with van der Waals surface area (Å²) in [7, 11) is 0. The van der Waals surface area contributed by atoms with Gasteiger partial charge in [0.2, 0.25) is 0 Å². The van der Waals surface area contributed by atoms with E-state index in [2.05, 4.69) is 0 Å². The Kier molecular flexibility index (Phi) is 3.32. The van der Waals surface area contributed by atoms with Gasteiger partial charge in [0.25, 0.3) is 0 Å². The standard InChI is InChI=1S/C13H13N3O4/c1-13(12(17)18)5-6-15(8-13)10-4-2-3-9(7-14)11(10)16(19)20/h2-4H,5-6,8H2,1H3,(H,17,18). The molecule has 0 aromatic heterocycles. The molecule has 0 spiro atoms. The highest BCUT2D eigenvalue weighted by Crippen LogP contribution is 2.38. The fourth-order valence-electron chi connectivity index (χ4n) is 2.41. The maximum atomic E-state index is 11.2. The van der Waals surface area contributed by atoms with Crippen LogP contribution < -0.4 is 4.90 Å². The summed E-state index contributed by atoms with van der Waals surface area (Å²) in [4.78, 5) is 23.5. The number of nitriles is 1. The van der Waals surface area contributed by atoms with Gasteiger partial charge in [-0.1, -0.05) is 6.07 Å². The van der Waals surface area contributed by atoms with Crippen molar-refractivity contribution in [2.24, 2.45) is 5.41 Å². The van der Waals surface area contributed by atoms with Crippen molar-refractivity contribution in [2.75, 3.05) is 18.0 Å². The molecule has 0 saturated carbocycles. The molecule has 1 heterocycles. The van der Waals surface area contributed by atoms with Crippen LogP contribution in [0.2, 0.25) is 0 Å². The first-order valence-corrected chi connectivity index (χ1v) is 6.05. The Morgan fingerprint density at radius 1 is 1.60 bits per heavy atom. The molecule has 104 valence electrons. The van der Waals surface area contributed by atoms with Gasteiger partial charge in [0.05, 0.1) is 10.3 Å². The number of anilines is 1. The van der Waals surface area contributed by atoms with Crippen LogP contribution in [0.5, 0.6) is 0 Å². The van der Waals surface area contributed by atoms with Gasteiger partial charge < -0.3 is 10.0 Å². The lowest BCUT2D eigenvalue weighted by atomic mass is 9.90. The lowest BCUT2D eigenvalue weighted by Crippen LogP contribution is -2.31. The van der Waals surface area contributed by atoms with E-state index < -0.39 is 16.3 Å². The number of rotatable bonds is 3. The minimum absolute atomic E-state index is 0.0172. The van der Waals surface area contributed by atoms with Crippen LogP contribution in [-0.4, -0.2) is 29.1 Å². The summed E-state index contributed by atoms with van der Waals surface area (Å²) in [5.74, 6) is -0.918. The quantitative estimate of drug-likeness (QED) is 0.665. The van der Waals surface area contributed by atoms with Crippen LogP contribution in [-0.2, 0) is 4.79 Å². The molecule has 0 aliphatic carbocycles. The van der Waals surface area contributed by atoms with Crippen molar-refractivity contribution in [3.05, 3.63) is 33.9 Å². The first-order valence-electron chi connectivity index (χ1n) is 6.05. The lowest BCUT2D eigenvalue weighted by molar-refractivity contribution is -0.384. The van der Waals surface area contributed by atoms with E-state index in [-0.39, 0.29) is 17.8 Å². The van der Waals surface area contributed by atoms with Crippen LogP contribution >= 0.6 is 0 Å². The molecule has 7 nitrogen and oxygen atoms in total. The second-order valence-corrected chi connectivity index (χ2v) is 5.08. The van der Waals surface area contributed by atoms with Crippen molar-refractivity contribution >= 4 is 17.3 Å². The van der Waals surface area contributed by atoms with Gasteiger partial charge in [0.1, 0.15) is 17.3 Å². The topological polar surface area (TPSA) is 107 Å². The normalized spacial score (nSPS) is 21.5. The van der Waals surface area contributed by atoms with E-state index in [0.29, 0.717) is 18.7 Å². The molecule has 1 saturated heterocycles. The number of para-hydroxylation sites is 1. The monoisotopic (exact) mass is 275 g/mol. The van der Waals surface area contributed by atoms with Crippen molar-refractivity contribution < 1.29 is 14.8 Å². The van der Waals surface area contributed by atoms with Gasteiger partial charge in [-0.25, -0.2) is 0 Å². The molecule has 1 unspecified atom stereocenters. The minimum Gasteiger partial charge on any atom is -0.481 e. The van der Waals surface area contributed by atoms with Crippen LogP contribution in [0.15, 0.2) is 18.2 Å². The van der Waals surface area contributed by atoms with E-state index in [0.717, 1.165) is 0 Å². The van der Waals surface area contributed by atoms with Crippen molar-refractivity contribution in [3.8, 4) is 6.07 Å². The van der Waals surface area contributed by atoms with E-state index in [1.54, 1.807) is 30.0 Å². The van der Waals surface area contributed by atoms with Crippen LogP contribution in [0.4, 0.5) is 11.4 Å². The van der Waals surface area contributed by atoms with Gasteiger partial charge in [0.15, 0.2) is 0 Å². The van der Waals surface area contributed by atoms with E-state index in [9.17, 15) is 20.0 Å². The van der Waals surface area contributed by atoms with Gasteiger partial charge in [-0.2, -0.15) is 5.26 Å². The van der Waals surface area contributed by atoms with Gasteiger partial charge in [-0.05, 0) is 25.5 Å². The van der Waals surface area contributed by atoms with E-state index in [1.807, 2.05) is 0 Å². The molecule has 7 heteroatoms. The van der Waals surface area contributed by atoms with Crippen LogP contribution in [0.25, 0.3) is 0 Å². The second kappa shape index (κ2) is 4.81. The molecule has 1 N–H and O–H groups in total. The van der Waals surface area contributed by atoms with Crippen molar-refractivity contribution in [3.63, 3.8) is 0 Å². The average molecular weight is 275 g/mol. The zero-order valence-electron chi connectivity index (χ0n) is 10.9. The fraction of sp³-hybridized carbons (Fsp3) is 0.385. The minimum atomic E-state index is -0.920. The van der Waals surface area contributed by atoms with Gasteiger partial charge >= 0.3 is 11.7 Å². The van der Waals surface area contributed by atoms with E-state index in [4.69, 9.17) is 5.26 Å². The molecular weight excluding hydrogens is 262 g/mol. The van der Waals surface area contributed by atoms with E-state index >= 15 is 0 Å². The number of aliphatic carboxylic acids is 1. The molecule has 1 fully saturated rings. The third kappa shape index (κ3) is 2.16. The molecule has 0 bridgehead atoms. The Balaban J connectivity index is 2.43. The molecule has 0 amide bonds. The summed E-state index contributed by atoms with van der Waals surface area (Å²) in [6.45, 7) is 2.23. The number of carbonyl (C=O) groups is 1. The number of carboxylic acid groups (broad SMARTS) is 1. The van der Waals surface area contributed by atoms with Crippen molar-refractivity contribution in [2.45, 2.75) is 13.3 Å². The molecule has 1 aliphatic heterocycles. The Hall–Kier alpha value is -2.62. The molecule has 20 heavy (non-hydrogen) atoms. The summed E-state index contributed by atoms with van der Waals surface area (Å²) in [5.41, 5.74) is -0.892. The Bertz CT molecular complexity index is 623. The molecule has 1 atom stereocenters. The number of benzene rings is 1. The highest BCUT2D eigenvalue weighted by molar-refractivity contribution is 5.78. The van der Waals surface area contributed by atoms with Crippen LogP contribution in [0, 0.1) is 26.9 Å². The zero-order valence-corrected chi connectivity index (χ0v) is 10.9. The highest BCUT2D eigenvalue weighted by Gasteiger charge is 2.42. The van der Waals surface area contributed by atoms with Gasteiger partial charge in [0, 0.05) is 13.1 Å². The predicted octanol–water partition coefficient (Wildman–Crippen LogP) is 1.77.